The van der Waals surface area contributed by atoms with E-state index in [2.05, 4.69) is 10.00 Å². The molecule has 1 aromatic heterocycles. The summed E-state index contributed by atoms with van der Waals surface area (Å²) in [5, 5.41) is 4.36. The second kappa shape index (κ2) is 3.38. The SMILES string of the molecule is Cn1ccc(N2CCCC(N)C2)n1. The van der Waals surface area contributed by atoms with Crippen molar-refractivity contribution in [1.82, 2.24) is 9.78 Å². The van der Waals surface area contributed by atoms with Gasteiger partial charge in [-0.1, -0.05) is 0 Å². The van der Waals surface area contributed by atoms with Crippen molar-refractivity contribution >= 4 is 5.82 Å². The third-order valence-corrected chi connectivity index (χ3v) is 2.48. The molecule has 2 heterocycles. The van der Waals surface area contributed by atoms with Gasteiger partial charge >= 0.3 is 0 Å². The van der Waals surface area contributed by atoms with Crippen LogP contribution in [-0.4, -0.2) is 28.9 Å². The minimum absolute atomic E-state index is 0.316. The van der Waals surface area contributed by atoms with E-state index in [1.165, 1.54) is 6.42 Å². The summed E-state index contributed by atoms with van der Waals surface area (Å²) in [5.41, 5.74) is 5.89. The van der Waals surface area contributed by atoms with Gasteiger partial charge in [0.1, 0.15) is 0 Å². The Bertz CT molecular complexity index is 281. The van der Waals surface area contributed by atoms with Gasteiger partial charge in [0.2, 0.25) is 0 Å². The molecular weight excluding hydrogens is 164 g/mol. The molecule has 1 aliphatic heterocycles. The van der Waals surface area contributed by atoms with Crippen LogP contribution < -0.4 is 10.6 Å². The van der Waals surface area contributed by atoms with Crippen molar-refractivity contribution in [3.63, 3.8) is 0 Å². The number of hydrogen-bond donors (Lipinski definition) is 1. The summed E-state index contributed by atoms with van der Waals surface area (Å²) in [5.74, 6) is 1.05. The predicted molar refractivity (Wildman–Crippen MR) is 52.6 cm³/mol. The standard InChI is InChI=1S/C9H16N4/c1-12-6-4-9(11-12)13-5-2-3-8(10)7-13/h4,6,8H,2-3,5,7,10H2,1H3. The molecule has 0 spiro atoms. The van der Waals surface area contributed by atoms with E-state index in [1.807, 2.05) is 24.0 Å². The maximum absolute atomic E-state index is 5.89. The normalized spacial score (nSPS) is 23.5. The first-order chi connectivity index (χ1) is 6.25. The van der Waals surface area contributed by atoms with E-state index in [1.54, 1.807) is 0 Å². The monoisotopic (exact) mass is 180 g/mol. The van der Waals surface area contributed by atoms with Gasteiger partial charge in [0.25, 0.3) is 0 Å². The molecule has 1 aromatic rings. The van der Waals surface area contributed by atoms with E-state index in [0.29, 0.717) is 6.04 Å². The maximum Gasteiger partial charge on any atom is 0.150 e. The van der Waals surface area contributed by atoms with Crippen molar-refractivity contribution in [1.29, 1.82) is 0 Å². The molecule has 2 rings (SSSR count). The van der Waals surface area contributed by atoms with Crippen LogP contribution in [0.2, 0.25) is 0 Å². The third kappa shape index (κ3) is 1.83. The topological polar surface area (TPSA) is 47.1 Å². The Balaban J connectivity index is 2.08. The van der Waals surface area contributed by atoms with E-state index in [0.717, 1.165) is 25.3 Å². The molecule has 0 bridgehead atoms. The number of piperidine rings is 1. The first-order valence-corrected chi connectivity index (χ1v) is 4.76. The summed E-state index contributed by atoms with van der Waals surface area (Å²) >= 11 is 0. The number of aromatic nitrogens is 2. The summed E-state index contributed by atoms with van der Waals surface area (Å²) in [6, 6.07) is 2.36. The summed E-state index contributed by atoms with van der Waals surface area (Å²) in [6.07, 6.45) is 4.29. The second-order valence-corrected chi connectivity index (χ2v) is 3.70. The third-order valence-electron chi connectivity index (χ3n) is 2.48. The number of nitrogens with two attached hydrogens (primary N) is 1. The zero-order chi connectivity index (χ0) is 9.26. The Kier molecular flexibility index (Phi) is 2.22. The minimum Gasteiger partial charge on any atom is -0.354 e. The van der Waals surface area contributed by atoms with Gasteiger partial charge in [-0.2, -0.15) is 5.10 Å². The Morgan fingerprint density at radius 3 is 3.08 bits per heavy atom. The molecule has 0 radical (unpaired) electrons. The highest BCUT2D eigenvalue weighted by atomic mass is 15.3. The average molecular weight is 180 g/mol. The van der Waals surface area contributed by atoms with Crippen LogP contribution in [0, 0.1) is 0 Å². The van der Waals surface area contributed by atoms with Crippen LogP contribution in [0.4, 0.5) is 5.82 Å². The fourth-order valence-electron chi connectivity index (χ4n) is 1.79. The van der Waals surface area contributed by atoms with Crippen LogP contribution in [-0.2, 0) is 7.05 Å². The maximum atomic E-state index is 5.89. The van der Waals surface area contributed by atoms with Gasteiger partial charge in [-0.15, -0.1) is 0 Å². The van der Waals surface area contributed by atoms with Gasteiger partial charge in [-0.3, -0.25) is 4.68 Å². The largest absolute Gasteiger partial charge is 0.354 e. The first-order valence-electron chi connectivity index (χ1n) is 4.76. The number of anilines is 1. The van der Waals surface area contributed by atoms with Gasteiger partial charge in [-0.25, -0.2) is 0 Å². The second-order valence-electron chi connectivity index (χ2n) is 3.70. The van der Waals surface area contributed by atoms with Crippen LogP contribution in [0.25, 0.3) is 0 Å². The lowest BCUT2D eigenvalue weighted by molar-refractivity contribution is 0.501. The van der Waals surface area contributed by atoms with Crippen LogP contribution in [0.5, 0.6) is 0 Å². The first kappa shape index (κ1) is 8.56. The summed E-state index contributed by atoms with van der Waals surface area (Å²) in [7, 11) is 1.94. The lowest BCUT2D eigenvalue weighted by Gasteiger charge is -2.30. The molecule has 1 unspecified atom stereocenters. The van der Waals surface area contributed by atoms with E-state index < -0.39 is 0 Å². The molecular formula is C9H16N4. The molecule has 0 saturated carbocycles. The molecule has 0 aliphatic carbocycles. The van der Waals surface area contributed by atoms with E-state index in [4.69, 9.17) is 5.73 Å². The molecule has 0 aromatic carbocycles. The number of nitrogens with zero attached hydrogens (tertiary/aromatic N) is 3. The number of rotatable bonds is 1. The lowest BCUT2D eigenvalue weighted by atomic mass is 10.1. The van der Waals surface area contributed by atoms with Crippen LogP contribution in [0.15, 0.2) is 12.3 Å². The Morgan fingerprint density at radius 1 is 1.62 bits per heavy atom. The van der Waals surface area contributed by atoms with Crippen molar-refractivity contribution in [2.45, 2.75) is 18.9 Å². The summed E-state index contributed by atoms with van der Waals surface area (Å²) in [4.78, 5) is 2.26. The number of aryl methyl sites for hydroxylation is 1. The van der Waals surface area contributed by atoms with Gasteiger partial charge < -0.3 is 10.6 Å². The fourth-order valence-corrected chi connectivity index (χ4v) is 1.79. The van der Waals surface area contributed by atoms with Gasteiger partial charge in [0.15, 0.2) is 5.82 Å². The minimum atomic E-state index is 0.316. The Hall–Kier alpha value is -1.03. The summed E-state index contributed by atoms with van der Waals surface area (Å²) < 4.78 is 1.83. The highest BCUT2D eigenvalue weighted by Gasteiger charge is 2.17. The van der Waals surface area contributed by atoms with E-state index in [-0.39, 0.29) is 0 Å². The molecule has 2 N–H and O–H groups in total. The molecule has 13 heavy (non-hydrogen) atoms. The smallest absolute Gasteiger partial charge is 0.150 e. The fraction of sp³-hybridized carbons (Fsp3) is 0.667. The molecule has 4 nitrogen and oxygen atoms in total. The zero-order valence-corrected chi connectivity index (χ0v) is 7.98. The average Bonchev–Trinajstić information content (AvgIpc) is 2.52. The Labute approximate surface area is 78.3 Å². The quantitative estimate of drug-likeness (QED) is 0.678. The van der Waals surface area contributed by atoms with Gasteiger partial charge in [0, 0.05) is 38.4 Å². The van der Waals surface area contributed by atoms with Gasteiger partial charge in [0.05, 0.1) is 0 Å². The van der Waals surface area contributed by atoms with Crippen molar-refractivity contribution in [2.24, 2.45) is 12.8 Å². The van der Waals surface area contributed by atoms with E-state index in [9.17, 15) is 0 Å². The highest BCUT2D eigenvalue weighted by Crippen LogP contribution is 2.16. The van der Waals surface area contributed by atoms with Crippen molar-refractivity contribution in [3.8, 4) is 0 Å². The molecule has 72 valence electrons. The molecule has 1 fully saturated rings. The van der Waals surface area contributed by atoms with Crippen LogP contribution in [0.3, 0.4) is 0 Å². The molecule has 1 saturated heterocycles. The van der Waals surface area contributed by atoms with Gasteiger partial charge in [-0.05, 0) is 12.8 Å². The van der Waals surface area contributed by atoms with Crippen LogP contribution >= 0.6 is 0 Å². The lowest BCUT2D eigenvalue weighted by Crippen LogP contribution is -2.43. The Morgan fingerprint density at radius 2 is 2.46 bits per heavy atom. The van der Waals surface area contributed by atoms with E-state index >= 15 is 0 Å². The summed E-state index contributed by atoms with van der Waals surface area (Å²) in [6.45, 7) is 2.03. The van der Waals surface area contributed by atoms with Crippen molar-refractivity contribution < 1.29 is 0 Å². The molecule has 4 heteroatoms. The molecule has 1 atom stereocenters. The van der Waals surface area contributed by atoms with Crippen molar-refractivity contribution in [2.75, 3.05) is 18.0 Å². The number of hydrogen-bond acceptors (Lipinski definition) is 3. The molecule has 1 aliphatic rings. The zero-order valence-electron chi connectivity index (χ0n) is 7.98. The van der Waals surface area contributed by atoms with Crippen LogP contribution in [0.1, 0.15) is 12.8 Å². The molecule has 0 amide bonds. The highest BCUT2D eigenvalue weighted by molar-refractivity contribution is 5.37. The van der Waals surface area contributed by atoms with Crippen molar-refractivity contribution in [3.05, 3.63) is 12.3 Å². The predicted octanol–water partition coefficient (Wildman–Crippen LogP) is 0.348.